The van der Waals surface area contributed by atoms with E-state index in [2.05, 4.69) is 11.9 Å². The van der Waals surface area contributed by atoms with E-state index in [4.69, 9.17) is 5.73 Å². The highest BCUT2D eigenvalue weighted by atomic mass is 16.1. The third kappa shape index (κ3) is 3.25. The summed E-state index contributed by atoms with van der Waals surface area (Å²) in [6, 6.07) is 0.0241. The maximum atomic E-state index is 10.6. The van der Waals surface area contributed by atoms with Crippen molar-refractivity contribution in [3.63, 3.8) is 0 Å². The molecule has 0 aromatic carbocycles. The molecule has 0 fully saturated rings. The molecule has 3 heteroatoms. The molecule has 0 spiro atoms. The lowest BCUT2D eigenvalue weighted by atomic mass is 10.2. The molecule has 0 aliphatic rings. The molecule has 0 saturated carbocycles. The molecular weight excluding hydrogens is 128 g/mol. The lowest BCUT2D eigenvalue weighted by Gasteiger charge is -2.11. The Kier molecular flexibility index (Phi) is 3.72. The average molecular weight is 142 g/mol. The molecule has 1 atom stereocenters. The molecule has 0 radical (unpaired) electrons. The van der Waals surface area contributed by atoms with Crippen molar-refractivity contribution in [3.8, 4) is 0 Å². The number of carbonyl (C=O) groups excluding carboxylic acids is 1. The van der Waals surface area contributed by atoms with Crippen LogP contribution in [0.25, 0.3) is 0 Å². The molecule has 0 saturated heterocycles. The van der Waals surface area contributed by atoms with Gasteiger partial charge in [-0.15, -0.1) is 0 Å². The zero-order chi connectivity index (χ0) is 8.15. The van der Waals surface area contributed by atoms with Crippen molar-refractivity contribution < 1.29 is 4.79 Å². The van der Waals surface area contributed by atoms with Crippen LogP contribution in [0.4, 0.5) is 0 Å². The minimum atomic E-state index is -0.143. The number of hydrogen-bond donors (Lipinski definition) is 2. The second-order valence-corrected chi connectivity index (χ2v) is 2.34. The maximum absolute atomic E-state index is 10.6. The van der Waals surface area contributed by atoms with Crippen LogP contribution >= 0.6 is 0 Å². The van der Waals surface area contributed by atoms with E-state index in [0.29, 0.717) is 0 Å². The van der Waals surface area contributed by atoms with Gasteiger partial charge < -0.3 is 11.1 Å². The second-order valence-electron chi connectivity index (χ2n) is 2.34. The van der Waals surface area contributed by atoms with Crippen molar-refractivity contribution in [2.75, 3.05) is 6.54 Å². The molecule has 1 amide bonds. The lowest BCUT2D eigenvalue weighted by molar-refractivity contribution is -0.120. The van der Waals surface area contributed by atoms with E-state index in [0.717, 1.165) is 5.57 Å². The number of amides is 1. The maximum Gasteiger partial charge on any atom is 0.234 e. The molecule has 0 aliphatic heterocycles. The predicted octanol–water partition coefficient (Wildman–Crippen LogP) is 0.0259. The monoisotopic (exact) mass is 142 g/mol. The fourth-order valence-corrected chi connectivity index (χ4v) is 0.424. The predicted molar refractivity (Wildman–Crippen MR) is 41.5 cm³/mol. The van der Waals surface area contributed by atoms with Crippen LogP contribution in [0.5, 0.6) is 0 Å². The van der Waals surface area contributed by atoms with Crippen molar-refractivity contribution in [1.29, 1.82) is 0 Å². The summed E-state index contributed by atoms with van der Waals surface area (Å²) in [5, 5.41) is 2.67. The van der Waals surface area contributed by atoms with E-state index in [-0.39, 0.29) is 18.5 Å². The lowest BCUT2D eigenvalue weighted by Crippen LogP contribution is -2.37. The third-order valence-electron chi connectivity index (χ3n) is 1.30. The van der Waals surface area contributed by atoms with Gasteiger partial charge in [-0.05, 0) is 13.8 Å². The molecule has 1 unspecified atom stereocenters. The summed E-state index contributed by atoms with van der Waals surface area (Å²) in [5.74, 6) is -0.143. The Labute approximate surface area is 61.3 Å². The van der Waals surface area contributed by atoms with E-state index in [1.807, 2.05) is 13.8 Å². The Balaban J connectivity index is 3.68. The number of nitrogens with two attached hydrogens (primary N) is 1. The minimum Gasteiger partial charge on any atom is -0.349 e. The van der Waals surface area contributed by atoms with Gasteiger partial charge in [-0.25, -0.2) is 0 Å². The van der Waals surface area contributed by atoms with Gasteiger partial charge in [0, 0.05) is 6.04 Å². The van der Waals surface area contributed by atoms with Gasteiger partial charge in [-0.3, -0.25) is 4.79 Å². The van der Waals surface area contributed by atoms with Crippen LogP contribution in [0.2, 0.25) is 0 Å². The highest BCUT2D eigenvalue weighted by molar-refractivity contribution is 5.78. The molecule has 0 bridgehead atoms. The zero-order valence-corrected chi connectivity index (χ0v) is 6.48. The fourth-order valence-electron chi connectivity index (χ4n) is 0.424. The Morgan fingerprint density at radius 1 is 1.80 bits per heavy atom. The van der Waals surface area contributed by atoms with E-state index in [1.54, 1.807) is 0 Å². The van der Waals surface area contributed by atoms with Gasteiger partial charge in [-0.1, -0.05) is 12.2 Å². The van der Waals surface area contributed by atoms with Crippen LogP contribution < -0.4 is 11.1 Å². The highest BCUT2D eigenvalue weighted by Crippen LogP contribution is 1.94. The SMILES string of the molecule is C=C(C)C(C)NC(=O)CN. The van der Waals surface area contributed by atoms with Gasteiger partial charge in [0.05, 0.1) is 6.54 Å². The zero-order valence-electron chi connectivity index (χ0n) is 6.48. The first-order valence-corrected chi connectivity index (χ1v) is 3.22. The van der Waals surface area contributed by atoms with Gasteiger partial charge >= 0.3 is 0 Å². The molecule has 0 aliphatic carbocycles. The normalized spacial score (nSPS) is 12.3. The van der Waals surface area contributed by atoms with Crippen LogP contribution in [-0.4, -0.2) is 18.5 Å². The summed E-state index contributed by atoms with van der Waals surface area (Å²) < 4.78 is 0. The first-order valence-electron chi connectivity index (χ1n) is 3.22. The molecule has 0 aromatic heterocycles. The van der Waals surface area contributed by atoms with Crippen LogP contribution in [0.3, 0.4) is 0 Å². The average Bonchev–Trinajstić information content (AvgIpc) is 1.87. The van der Waals surface area contributed by atoms with Crippen molar-refractivity contribution in [2.24, 2.45) is 5.73 Å². The summed E-state index contributed by atoms with van der Waals surface area (Å²) >= 11 is 0. The van der Waals surface area contributed by atoms with E-state index in [9.17, 15) is 4.79 Å². The number of rotatable bonds is 3. The van der Waals surface area contributed by atoms with Crippen molar-refractivity contribution in [1.82, 2.24) is 5.32 Å². The van der Waals surface area contributed by atoms with Gasteiger partial charge in [0.25, 0.3) is 0 Å². The van der Waals surface area contributed by atoms with Crippen LogP contribution in [0.15, 0.2) is 12.2 Å². The molecular formula is C7H14N2O. The molecule has 0 rings (SSSR count). The Bertz CT molecular complexity index is 143. The van der Waals surface area contributed by atoms with Crippen molar-refractivity contribution in [2.45, 2.75) is 19.9 Å². The van der Waals surface area contributed by atoms with Crippen molar-refractivity contribution in [3.05, 3.63) is 12.2 Å². The summed E-state index contributed by atoms with van der Waals surface area (Å²) in [7, 11) is 0. The fraction of sp³-hybridized carbons (Fsp3) is 0.571. The Morgan fingerprint density at radius 3 is 2.60 bits per heavy atom. The van der Waals surface area contributed by atoms with E-state index < -0.39 is 0 Å². The molecule has 3 nitrogen and oxygen atoms in total. The summed E-state index contributed by atoms with van der Waals surface area (Å²) in [6.45, 7) is 7.46. The number of nitrogens with one attached hydrogen (secondary N) is 1. The summed E-state index contributed by atoms with van der Waals surface area (Å²) in [6.07, 6.45) is 0. The highest BCUT2D eigenvalue weighted by Gasteiger charge is 2.03. The van der Waals surface area contributed by atoms with Gasteiger partial charge in [0.15, 0.2) is 0 Å². The standard InChI is InChI=1S/C7H14N2O/c1-5(2)6(3)9-7(10)4-8/h6H,1,4,8H2,2-3H3,(H,9,10). The van der Waals surface area contributed by atoms with E-state index in [1.165, 1.54) is 0 Å². The quantitative estimate of drug-likeness (QED) is 0.546. The molecule has 0 aromatic rings. The van der Waals surface area contributed by atoms with Gasteiger partial charge in [0.2, 0.25) is 5.91 Å². The molecule has 10 heavy (non-hydrogen) atoms. The minimum absolute atomic E-state index is 0.0241. The van der Waals surface area contributed by atoms with Gasteiger partial charge in [0.1, 0.15) is 0 Å². The summed E-state index contributed by atoms with van der Waals surface area (Å²) in [5.41, 5.74) is 6.01. The number of hydrogen-bond acceptors (Lipinski definition) is 2. The van der Waals surface area contributed by atoms with Crippen LogP contribution in [-0.2, 0) is 4.79 Å². The summed E-state index contributed by atoms with van der Waals surface area (Å²) in [4.78, 5) is 10.6. The van der Waals surface area contributed by atoms with Crippen LogP contribution in [0.1, 0.15) is 13.8 Å². The molecule has 0 heterocycles. The van der Waals surface area contributed by atoms with Crippen molar-refractivity contribution >= 4 is 5.91 Å². The smallest absolute Gasteiger partial charge is 0.234 e. The third-order valence-corrected chi connectivity index (χ3v) is 1.30. The Hall–Kier alpha value is -0.830. The van der Waals surface area contributed by atoms with E-state index >= 15 is 0 Å². The van der Waals surface area contributed by atoms with Gasteiger partial charge in [-0.2, -0.15) is 0 Å². The first kappa shape index (κ1) is 9.17. The first-order chi connectivity index (χ1) is 4.57. The molecule has 58 valence electrons. The van der Waals surface area contributed by atoms with Crippen LogP contribution in [0, 0.1) is 0 Å². The number of carbonyl (C=O) groups is 1. The molecule has 3 N–H and O–H groups in total. The topological polar surface area (TPSA) is 55.1 Å². The Morgan fingerprint density at radius 2 is 2.30 bits per heavy atom. The largest absolute Gasteiger partial charge is 0.349 e. The second kappa shape index (κ2) is 4.06.